The van der Waals surface area contributed by atoms with Crippen molar-refractivity contribution in [2.24, 2.45) is 11.8 Å². The van der Waals surface area contributed by atoms with Crippen LogP contribution in [0.1, 0.15) is 41.6 Å². The number of nitrogens with one attached hydrogen (secondary N) is 1. The average molecular weight is 461 g/mol. The largest absolute Gasteiger partial charge is 0.349 e. The lowest BCUT2D eigenvalue weighted by Crippen LogP contribution is -2.40. The minimum atomic E-state index is -3.89. The van der Waals surface area contributed by atoms with E-state index in [0.29, 0.717) is 23.1 Å². The van der Waals surface area contributed by atoms with Gasteiger partial charge in [-0.1, -0.05) is 67.1 Å². The maximum atomic E-state index is 13.8. The Balaban J connectivity index is 1.52. The fourth-order valence-corrected chi connectivity index (χ4v) is 6.81. The van der Waals surface area contributed by atoms with Gasteiger partial charge in [0.15, 0.2) is 0 Å². The summed E-state index contributed by atoms with van der Waals surface area (Å²) in [6, 6.07) is 25.0. The lowest BCUT2D eigenvalue weighted by atomic mass is 9.95. The Kier molecular flexibility index (Phi) is 5.94. The molecule has 0 unspecified atom stereocenters. The monoisotopic (exact) mass is 460 g/mol. The van der Waals surface area contributed by atoms with Crippen LogP contribution in [-0.4, -0.2) is 20.4 Å². The molecule has 2 bridgehead atoms. The number of benzene rings is 3. The molecule has 0 radical (unpaired) electrons. The van der Waals surface area contributed by atoms with Gasteiger partial charge >= 0.3 is 0 Å². The Hall–Kier alpha value is -3.12. The van der Waals surface area contributed by atoms with Gasteiger partial charge in [-0.3, -0.25) is 9.10 Å². The molecule has 2 saturated carbocycles. The number of hydrogen-bond acceptors (Lipinski definition) is 3. The fraction of sp³-hybridized carbons (Fsp3) is 0.296. The third-order valence-electron chi connectivity index (χ3n) is 6.97. The number of nitrogens with zero attached hydrogens (tertiary/aromatic N) is 1. The molecule has 5 rings (SSSR count). The van der Waals surface area contributed by atoms with Gasteiger partial charge in [0.1, 0.15) is 0 Å². The third kappa shape index (κ3) is 4.40. The van der Waals surface area contributed by atoms with E-state index in [2.05, 4.69) is 5.32 Å². The number of hydrogen-bond donors (Lipinski definition) is 1. The SMILES string of the molecule is O=C(N[C@H]1C[C@H]2CC[C@H]1C2)c1ccccc1N(Cc1ccccc1)S(=O)(=O)c1ccccc1. The molecule has 1 amide bonds. The van der Waals surface area contributed by atoms with E-state index in [1.165, 1.54) is 23.6 Å². The van der Waals surface area contributed by atoms with Crippen molar-refractivity contribution < 1.29 is 13.2 Å². The van der Waals surface area contributed by atoms with Crippen LogP contribution in [0.15, 0.2) is 89.8 Å². The first kappa shape index (κ1) is 21.7. The lowest BCUT2D eigenvalue weighted by molar-refractivity contribution is 0.0923. The topological polar surface area (TPSA) is 66.5 Å². The smallest absolute Gasteiger partial charge is 0.264 e. The first-order chi connectivity index (χ1) is 16.0. The molecule has 33 heavy (non-hydrogen) atoms. The van der Waals surface area contributed by atoms with Crippen molar-refractivity contribution >= 4 is 21.6 Å². The van der Waals surface area contributed by atoms with Crippen molar-refractivity contribution in [1.82, 2.24) is 5.32 Å². The number of sulfonamides is 1. The first-order valence-corrected chi connectivity index (χ1v) is 13.0. The molecule has 0 saturated heterocycles. The zero-order valence-corrected chi connectivity index (χ0v) is 19.2. The van der Waals surface area contributed by atoms with Crippen LogP contribution in [0.5, 0.6) is 0 Å². The van der Waals surface area contributed by atoms with Crippen molar-refractivity contribution in [2.45, 2.75) is 43.2 Å². The van der Waals surface area contributed by atoms with Gasteiger partial charge in [-0.15, -0.1) is 0 Å². The Morgan fingerprint density at radius 1 is 0.848 bits per heavy atom. The van der Waals surface area contributed by atoms with Crippen LogP contribution in [0.3, 0.4) is 0 Å². The summed E-state index contributed by atoms with van der Waals surface area (Å²) in [6.45, 7) is 0.135. The summed E-state index contributed by atoms with van der Waals surface area (Å²) in [5.74, 6) is 1.05. The predicted molar refractivity (Wildman–Crippen MR) is 129 cm³/mol. The van der Waals surface area contributed by atoms with E-state index in [-0.39, 0.29) is 23.4 Å². The van der Waals surface area contributed by atoms with Crippen LogP contribution >= 0.6 is 0 Å². The second-order valence-corrected chi connectivity index (χ2v) is 10.9. The molecular formula is C27H28N2O3S. The van der Waals surface area contributed by atoms with Gasteiger partial charge < -0.3 is 5.32 Å². The van der Waals surface area contributed by atoms with Crippen molar-refractivity contribution in [3.63, 3.8) is 0 Å². The third-order valence-corrected chi connectivity index (χ3v) is 8.75. The Bertz CT molecular complexity index is 1230. The molecule has 0 aromatic heterocycles. The second-order valence-electron chi connectivity index (χ2n) is 9.08. The van der Waals surface area contributed by atoms with Crippen molar-refractivity contribution in [2.75, 3.05) is 4.31 Å². The molecule has 1 N–H and O–H groups in total. The molecule has 3 atom stereocenters. The summed E-state index contributed by atoms with van der Waals surface area (Å²) in [4.78, 5) is 13.6. The summed E-state index contributed by atoms with van der Waals surface area (Å²) in [5, 5.41) is 3.22. The maximum absolute atomic E-state index is 13.8. The highest BCUT2D eigenvalue weighted by atomic mass is 32.2. The van der Waals surface area contributed by atoms with E-state index < -0.39 is 10.0 Å². The van der Waals surface area contributed by atoms with E-state index >= 15 is 0 Å². The predicted octanol–water partition coefficient (Wildman–Crippen LogP) is 5.00. The molecule has 0 aliphatic heterocycles. The van der Waals surface area contributed by atoms with E-state index in [9.17, 15) is 13.2 Å². The lowest BCUT2D eigenvalue weighted by Gasteiger charge is -2.28. The number of rotatable bonds is 7. The van der Waals surface area contributed by atoms with Crippen molar-refractivity contribution in [3.8, 4) is 0 Å². The van der Waals surface area contributed by atoms with Crippen LogP contribution in [0, 0.1) is 11.8 Å². The van der Waals surface area contributed by atoms with Gasteiger partial charge in [0.05, 0.1) is 22.7 Å². The van der Waals surface area contributed by atoms with Crippen LogP contribution < -0.4 is 9.62 Å². The summed E-state index contributed by atoms with van der Waals surface area (Å²) in [5.41, 5.74) is 1.63. The summed E-state index contributed by atoms with van der Waals surface area (Å²) in [7, 11) is -3.89. The van der Waals surface area contributed by atoms with Crippen molar-refractivity contribution in [1.29, 1.82) is 0 Å². The number of amides is 1. The molecule has 2 aliphatic carbocycles. The molecule has 6 heteroatoms. The maximum Gasteiger partial charge on any atom is 0.264 e. The van der Waals surface area contributed by atoms with E-state index in [1.807, 2.05) is 30.3 Å². The van der Waals surface area contributed by atoms with Gasteiger partial charge in [-0.25, -0.2) is 8.42 Å². The molecule has 5 nitrogen and oxygen atoms in total. The van der Waals surface area contributed by atoms with Crippen molar-refractivity contribution in [3.05, 3.63) is 96.1 Å². The summed E-state index contributed by atoms with van der Waals surface area (Å²) >= 11 is 0. The van der Waals surface area contributed by atoms with Crippen LogP contribution in [-0.2, 0) is 16.6 Å². The molecule has 170 valence electrons. The minimum absolute atomic E-state index is 0.135. The van der Waals surface area contributed by atoms with Crippen LogP contribution in [0.25, 0.3) is 0 Å². The molecule has 0 heterocycles. The Morgan fingerprint density at radius 3 is 2.18 bits per heavy atom. The van der Waals surface area contributed by atoms with Gasteiger partial charge in [-0.2, -0.15) is 0 Å². The van der Waals surface area contributed by atoms with Gasteiger partial charge in [0.25, 0.3) is 15.9 Å². The summed E-state index contributed by atoms with van der Waals surface area (Å²) < 4.78 is 28.9. The van der Waals surface area contributed by atoms with Crippen LogP contribution in [0.2, 0.25) is 0 Å². The van der Waals surface area contributed by atoms with Gasteiger partial charge in [0.2, 0.25) is 0 Å². The zero-order valence-electron chi connectivity index (χ0n) is 18.4. The highest BCUT2D eigenvalue weighted by Gasteiger charge is 2.40. The molecule has 2 aliphatic rings. The quantitative estimate of drug-likeness (QED) is 0.540. The number of carbonyl (C=O) groups excluding carboxylic acids is 1. The number of anilines is 1. The number of carbonyl (C=O) groups is 1. The minimum Gasteiger partial charge on any atom is -0.349 e. The fourth-order valence-electron chi connectivity index (χ4n) is 5.32. The Morgan fingerprint density at radius 2 is 1.52 bits per heavy atom. The van der Waals surface area contributed by atoms with Gasteiger partial charge in [-0.05, 0) is 60.9 Å². The average Bonchev–Trinajstić information content (AvgIpc) is 3.47. The Labute approximate surface area is 195 Å². The van der Waals surface area contributed by atoms with Gasteiger partial charge in [0, 0.05) is 6.04 Å². The first-order valence-electron chi connectivity index (χ1n) is 11.5. The molecule has 3 aromatic rings. The highest BCUT2D eigenvalue weighted by Crippen LogP contribution is 2.44. The normalized spacial score (nSPS) is 21.6. The second kappa shape index (κ2) is 9.02. The standard InChI is InChI=1S/C27H28N2O3S/c30-27(28-25-18-21-15-16-22(25)17-21)24-13-7-8-14-26(24)29(19-20-9-3-1-4-10-20)33(31,32)23-11-5-2-6-12-23/h1-14,21-22,25H,15-19H2,(H,28,30)/t21-,22-,25-/m0/s1. The number of fused-ring (bicyclic) bond motifs is 2. The number of para-hydroxylation sites is 1. The molecule has 2 fully saturated rings. The molecular weight excluding hydrogens is 432 g/mol. The molecule has 0 spiro atoms. The highest BCUT2D eigenvalue weighted by molar-refractivity contribution is 7.92. The van der Waals surface area contributed by atoms with Crippen LogP contribution in [0.4, 0.5) is 5.69 Å². The molecule has 3 aromatic carbocycles. The van der Waals surface area contributed by atoms with E-state index in [0.717, 1.165) is 12.0 Å². The van der Waals surface area contributed by atoms with E-state index in [4.69, 9.17) is 0 Å². The van der Waals surface area contributed by atoms with E-state index in [1.54, 1.807) is 54.6 Å². The zero-order chi connectivity index (χ0) is 22.8. The summed E-state index contributed by atoms with van der Waals surface area (Å²) in [6.07, 6.45) is 4.64.